The van der Waals surface area contributed by atoms with Gasteiger partial charge in [0.15, 0.2) is 11.6 Å². The summed E-state index contributed by atoms with van der Waals surface area (Å²) in [5, 5.41) is 3.24. The quantitative estimate of drug-likeness (QED) is 0.788. The van der Waals surface area contributed by atoms with Gasteiger partial charge < -0.3 is 15.0 Å². The van der Waals surface area contributed by atoms with E-state index in [1.165, 1.54) is 39.1 Å². The Hall–Kier alpha value is -1.29. The van der Waals surface area contributed by atoms with Crippen LogP contribution in [0.3, 0.4) is 0 Å². The first-order valence-electron chi connectivity index (χ1n) is 6.59. The molecule has 100 valence electrons. The number of nitrogens with zero attached hydrogens (tertiary/aromatic N) is 1. The molecule has 0 spiro atoms. The van der Waals surface area contributed by atoms with Crippen molar-refractivity contribution < 1.29 is 9.13 Å². The summed E-state index contributed by atoms with van der Waals surface area (Å²) in [6.07, 6.45) is 3.75. The Morgan fingerprint density at radius 2 is 2.11 bits per heavy atom. The van der Waals surface area contributed by atoms with Crippen LogP contribution in [0.1, 0.15) is 19.3 Å². The van der Waals surface area contributed by atoms with E-state index in [1.807, 2.05) is 6.07 Å². The smallest absolute Gasteiger partial charge is 0.167 e. The summed E-state index contributed by atoms with van der Waals surface area (Å²) in [7, 11) is 1.47. The van der Waals surface area contributed by atoms with Crippen molar-refractivity contribution in [2.24, 2.45) is 0 Å². The van der Waals surface area contributed by atoms with Gasteiger partial charge in [-0.15, -0.1) is 0 Å². The molecule has 2 rings (SSSR count). The number of anilines is 1. The molecule has 0 unspecified atom stereocenters. The molecule has 1 aliphatic rings. The standard InChI is InChI=1S/C14H21FN2O/c1-18-14-6-5-12(11-13(14)15)16-7-4-10-17-8-2-3-9-17/h5-6,11,16H,2-4,7-10H2,1H3. The van der Waals surface area contributed by atoms with E-state index in [2.05, 4.69) is 10.2 Å². The molecule has 1 heterocycles. The van der Waals surface area contributed by atoms with Gasteiger partial charge in [0, 0.05) is 18.3 Å². The van der Waals surface area contributed by atoms with Gasteiger partial charge in [0.25, 0.3) is 0 Å². The third-order valence-corrected chi connectivity index (χ3v) is 3.33. The molecule has 1 N–H and O–H groups in total. The first-order valence-corrected chi connectivity index (χ1v) is 6.59. The van der Waals surface area contributed by atoms with Gasteiger partial charge in [-0.25, -0.2) is 4.39 Å². The molecule has 0 amide bonds. The minimum atomic E-state index is -0.318. The zero-order valence-corrected chi connectivity index (χ0v) is 10.9. The maximum absolute atomic E-state index is 13.4. The van der Waals surface area contributed by atoms with Gasteiger partial charge in [0.05, 0.1) is 7.11 Å². The van der Waals surface area contributed by atoms with Crippen LogP contribution in [-0.2, 0) is 0 Å². The molecule has 0 radical (unpaired) electrons. The van der Waals surface area contributed by atoms with Gasteiger partial charge in [0.2, 0.25) is 0 Å². The Morgan fingerprint density at radius 1 is 1.33 bits per heavy atom. The van der Waals surface area contributed by atoms with Gasteiger partial charge >= 0.3 is 0 Å². The van der Waals surface area contributed by atoms with E-state index < -0.39 is 0 Å². The van der Waals surface area contributed by atoms with Crippen LogP contribution in [0.25, 0.3) is 0 Å². The first kappa shape index (κ1) is 13.1. The molecule has 1 aromatic rings. The number of methoxy groups -OCH3 is 1. The van der Waals surface area contributed by atoms with Crippen LogP contribution < -0.4 is 10.1 Å². The van der Waals surface area contributed by atoms with E-state index >= 15 is 0 Å². The number of halogens is 1. The Kier molecular flexibility index (Phi) is 4.81. The van der Waals surface area contributed by atoms with Crippen molar-refractivity contribution in [3.8, 4) is 5.75 Å². The molecule has 0 atom stereocenters. The van der Waals surface area contributed by atoms with Crippen molar-refractivity contribution >= 4 is 5.69 Å². The number of hydrogen-bond acceptors (Lipinski definition) is 3. The van der Waals surface area contributed by atoms with Crippen LogP contribution in [0, 0.1) is 5.82 Å². The fraction of sp³-hybridized carbons (Fsp3) is 0.571. The molecule has 1 aromatic carbocycles. The Balaban J connectivity index is 1.71. The van der Waals surface area contributed by atoms with E-state index in [9.17, 15) is 4.39 Å². The summed E-state index contributed by atoms with van der Waals surface area (Å²) in [5.74, 6) is -0.0281. The van der Waals surface area contributed by atoms with Gasteiger partial charge in [-0.05, 0) is 51.0 Å². The number of likely N-dealkylation sites (tertiary alicyclic amines) is 1. The zero-order chi connectivity index (χ0) is 12.8. The summed E-state index contributed by atoms with van der Waals surface area (Å²) in [4.78, 5) is 2.48. The predicted octanol–water partition coefficient (Wildman–Crippen LogP) is 2.73. The summed E-state index contributed by atoms with van der Waals surface area (Å²) in [6, 6.07) is 4.98. The molecule has 4 heteroatoms. The second kappa shape index (κ2) is 6.59. The van der Waals surface area contributed by atoms with Crippen LogP contribution in [0.15, 0.2) is 18.2 Å². The average molecular weight is 252 g/mol. The SMILES string of the molecule is COc1ccc(NCCCN2CCCC2)cc1F. The van der Waals surface area contributed by atoms with Crippen LogP contribution in [0.2, 0.25) is 0 Å². The van der Waals surface area contributed by atoms with Gasteiger partial charge in [-0.3, -0.25) is 0 Å². The molecule has 1 fully saturated rings. The lowest BCUT2D eigenvalue weighted by Gasteiger charge is -2.14. The molecule has 0 aromatic heterocycles. The summed E-state index contributed by atoms with van der Waals surface area (Å²) in [6.45, 7) is 4.47. The second-order valence-electron chi connectivity index (χ2n) is 4.68. The number of benzene rings is 1. The monoisotopic (exact) mass is 252 g/mol. The Bertz CT molecular complexity index is 378. The number of hydrogen-bond donors (Lipinski definition) is 1. The first-order chi connectivity index (χ1) is 8.79. The van der Waals surface area contributed by atoms with Crippen LogP contribution in [0.5, 0.6) is 5.75 Å². The predicted molar refractivity (Wildman–Crippen MR) is 71.7 cm³/mol. The third kappa shape index (κ3) is 3.60. The lowest BCUT2D eigenvalue weighted by molar-refractivity contribution is 0.337. The maximum atomic E-state index is 13.4. The van der Waals surface area contributed by atoms with Crippen LogP contribution in [0.4, 0.5) is 10.1 Å². The van der Waals surface area contributed by atoms with Gasteiger partial charge in [-0.2, -0.15) is 0 Å². The van der Waals surface area contributed by atoms with Crippen LogP contribution in [-0.4, -0.2) is 38.2 Å². The average Bonchev–Trinajstić information content (AvgIpc) is 2.88. The van der Waals surface area contributed by atoms with Crippen molar-refractivity contribution in [2.45, 2.75) is 19.3 Å². The number of nitrogens with one attached hydrogen (secondary N) is 1. The van der Waals surface area contributed by atoms with Crippen molar-refractivity contribution in [3.05, 3.63) is 24.0 Å². The summed E-state index contributed by atoms with van der Waals surface area (Å²) >= 11 is 0. The minimum Gasteiger partial charge on any atom is -0.494 e. The number of ether oxygens (including phenoxy) is 1. The molecular formula is C14H21FN2O. The van der Waals surface area contributed by atoms with Gasteiger partial charge in [0.1, 0.15) is 0 Å². The van der Waals surface area contributed by atoms with E-state index in [4.69, 9.17) is 4.74 Å². The van der Waals surface area contributed by atoms with E-state index in [-0.39, 0.29) is 11.6 Å². The lowest BCUT2D eigenvalue weighted by atomic mass is 10.2. The highest BCUT2D eigenvalue weighted by Gasteiger charge is 2.10. The molecular weight excluding hydrogens is 231 g/mol. The highest BCUT2D eigenvalue weighted by atomic mass is 19.1. The van der Waals surface area contributed by atoms with Crippen molar-refractivity contribution in [2.75, 3.05) is 38.6 Å². The van der Waals surface area contributed by atoms with Crippen molar-refractivity contribution in [1.29, 1.82) is 0 Å². The molecule has 0 saturated carbocycles. The zero-order valence-electron chi connectivity index (χ0n) is 10.9. The molecule has 3 nitrogen and oxygen atoms in total. The molecule has 1 aliphatic heterocycles. The van der Waals surface area contributed by atoms with E-state index in [1.54, 1.807) is 6.07 Å². The highest BCUT2D eigenvalue weighted by molar-refractivity contribution is 5.47. The maximum Gasteiger partial charge on any atom is 0.167 e. The molecule has 18 heavy (non-hydrogen) atoms. The Labute approximate surface area is 108 Å². The van der Waals surface area contributed by atoms with Gasteiger partial charge in [-0.1, -0.05) is 0 Å². The molecule has 1 saturated heterocycles. The summed E-state index contributed by atoms with van der Waals surface area (Å²) < 4.78 is 18.3. The normalized spacial score (nSPS) is 15.9. The highest BCUT2D eigenvalue weighted by Crippen LogP contribution is 2.20. The third-order valence-electron chi connectivity index (χ3n) is 3.33. The fourth-order valence-corrected chi connectivity index (χ4v) is 2.32. The van der Waals surface area contributed by atoms with Crippen molar-refractivity contribution in [3.63, 3.8) is 0 Å². The fourth-order valence-electron chi connectivity index (χ4n) is 2.32. The van der Waals surface area contributed by atoms with Crippen LogP contribution >= 0.6 is 0 Å². The Morgan fingerprint density at radius 3 is 2.78 bits per heavy atom. The molecule has 0 bridgehead atoms. The molecule has 0 aliphatic carbocycles. The minimum absolute atomic E-state index is 0.289. The largest absolute Gasteiger partial charge is 0.494 e. The topological polar surface area (TPSA) is 24.5 Å². The number of rotatable bonds is 6. The van der Waals surface area contributed by atoms with E-state index in [0.29, 0.717) is 0 Å². The lowest BCUT2D eigenvalue weighted by Crippen LogP contribution is -2.22. The summed E-state index contributed by atoms with van der Waals surface area (Å²) in [5.41, 5.74) is 0.815. The second-order valence-corrected chi connectivity index (χ2v) is 4.68. The van der Waals surface area contributed by atoms with Crippen molar-refractivity contribution in [1.82, 2.24) is 4.90 Å². The van der Waals surface area contributed by atoms with E-state index in [0.717, 1.165) is 25.2 Å².